The first-order chi connectivity index (χ1) is 12.2. The average Bonchev–Trinajstić information content (AvgIpc) is 3.23. The van der Waals surface area contributed by atoms with Gasteiger partial charge in [-0.3, -0.25) is 4.79 Å². The molecule has 25 heavy (non-hydrogen) atoms. The van der Waals surface area contributed by atoms with Gasteiger partial charge in [-0.1, -0.05) is 6.07 Å². The Balaban J connectivity index is 1.34. The Morgan fingerprint density at radius 1 is 1.32 bits per heavy atom. The molecule has 0 aromatic carbocycles. The van der Waals surface area contributed by atoms with Crippen molar-refractivity contribution >= 4 is 5.91 Å². The minimum absolute atomic E-state index is 0.00803. The number of oxazole rings is 1. The highest BCUT2D eigenvalue weighted by Gasteiger charge is 2.44. The molecule has 1 spiro atoms. The highest BCUT2D eigenvalue weighted by Crippen LogP contribution is 2.37. The molecule has 2 fully saturated rings. The molecule has 4 heterocycles. The predicted octanol–water partition coefficient (Wildman–Crippen LogP) is 2.22. The fourth-order valence-electron chi connectivity index (χ4n) is 3.58. The monoisotopic (exact) mass is 343 g/mol. The fraction of sp³-hybridized carbons (Fsp3) is 0.500. The number of pyridine rings is 1. The minimum Gasteiger partial charge on any atom is -0.472 e. The van der Waals surface area contributed by atoms with Gasteiger partial charge in [-0.05, 0) is 25.8 Å². The lowest BCUT2D eigenvalue weighted by atomic mass is 9.88. The molecule has 1 unspecified atom stereocenters. The van der Waals surface area contributed by atoms with Crippen molar-refractivity contribution in [1.82, 2.24) is 14.9 Å². The molecular formula is C18H21N3O4. The smallest absolute Gasteiger partial charge is 0.291 e. The standard InChI is InChI=1S/C18H21N3O4/c1-13-16(23-12-20-13)17(22)21-8-5-18(6-9-21)10-14(11-24-18)25-15-4-2-3-7-19-15/h2-4,7,12,14H,5-6,8-11H2,1H3. The van der Waals surface area contributed by atoms with Crippen LogP contribution in [0.25, 0.3) is 0 Å². The quantitative estimate of drug-likeness (QED) is 0.850. The molecule has 0 bridgehead atoms. The molecule has 1 atom stereocenters. The molecule has 2 aliphatic rings. The third-order valence-electron chi connectivity index (χ3n) is 5.00. The average molecular weight is 343 g/mol. The SMILES string of the molecule is Cc1ncoc1C(=O)N1CCC2(CC1)CC(Oc1ccccn1)CO2. The number of carbonyl (C=O) groups is 1. The number of amides is 1. The van der Waals surface area contributed by atoms with Gasteiger partial charge in [0.15, 0.2) is 6.39 Å². The van der Waals surface area contributed by atoms with Crippen LogP contribution >= 0.6 is 0 Å². The lowest BCUT2D eigenvalue weighted by Crippen LogP contribution is -2.46. The van der Waals surface area contributed by atoms with E-state index in [0.717, 1.165) is 19.3 Å². The second kappa shape index (κ2) is 6.48. The third-order valence-corrected chi connectivity index (χ3v) is 5.00. The number of piperidine rings is 1. The largest absolute Gasteiger partial charge is 0.472 e. The number of likely N-dealkylation sites (tertiary alicyclic amines) is 1. The lowest BCUT2D eigenvalue weighted by Gasteiger charge is -2.38. The van der Waals surface area contributed by atoms with E-state index in [1.165, 1.54) is 6.39 Å². The van der Waals surface area contributed by atoms with Crippen LogP contribution in [0.5, 0.6) is 5.88 Å². The van der Waals surface area contributed by atoms with Crippen molar-refractivity contribution in [2.75, 3.05) is 19.7 Å². The van der Waals surface area contributed by atoms with Gasteiger partial charge in [-0.25, -0.2) is 9.97 Å². The van der Waals surface area contributed by atoms with Crippen molar-refractivity contribution < 1.29 is 18.7 Å². The van der Waals surface area contributed by atoms with Crippen LogP contribution in [0.1, 0.15) is 35.5 Å². The predicted molar refractivity (Wildman–Crippen MR) is 88.3 cm³/mol. The van der Waals surface area contributed by atoms with Crippen molar-refractivity contribution in [1.29, 1.82) is 0 Å². The van der Waals surface area contributed by atoms with Gasteiger partial charge in [0.05, 0.1) is 17.9 Å². The molecule has 132 valence electrons. The molecule has 2 saturated heterocycles. The Morgan fingerprint density at radius 3 is 2.84 bits per heavy atom. The minimum atomic E-state index is -0.202. The summed E-state index contributed by atoms with van der Waals surface area (Å²) in [5, 5.41) is 0. The summed E-state index contributed by atoms with van der Waals surface area (Å²) in [6.07, 6.45) is 5.47. The first-order valence-electron chi connectivity index (χ1n) is 8.56. The van der Waals surface area contributed by atoms with Crippen LogP contribution in [0.3, 0.4) is 0 Å². The number of rotatable bonds is 3. The van der Waals surface area contributed by atoms with Gasteiger partial charge in [-0.15, -0.1) is 0 Å². The molecule has 7 nitrogen and oxygen atoms in total. The van der Waals surface area contributed by atoms with Crippen LogP contribution in [0, 0.1) is 6.92 Å². The summed E-state index contributed by atoms with van der Waals surface area (Å²) < 4.78 is 17.2. The molecule has 0 aliphatic carbocycles. The molecule has 0 saturated carbocycles. The maximum atomic E-state index is 12.5. The molecule has 2 aliphatic heterocycles. The van der Waals surface area contributed by atoms with Crippen molar-refractivity contribution in [2.45, 2.75) is 37.9 Å². The summed E-state index contributed by atoms with van der Waals surface area (Å²) in [6, 6.07) is 5.62. The highest BCUT2D eigenvalue weighted by molar-refractivity contribution is 5.92. The van der Waals surface area contributed by atoms with E-state index in [1.54, 1.807) is 13.1 Å². The zero-order chi connectivity index (χ0) is 17.3. The number of carbonyl (C=O) groups excluding carboxylic acids is 1. The molecule has 1 amide bonds. The van der Waals surface area contributed by atoms with E-state index in [1.807, 2.05) is 23.1 Å². The van der Waals surface area contributed by atoms with E-state index in [-0.39, 0.29) is 17.6 Å². The van der Waals surface area contributed by atoms with Gasteiger partial charge in [0.2, 0.25) is 11.6 Å². The molecule has 0 N–H and O–H groups in total. The number of nitrogens with zero attached hydrogens (tertiary/aromatic N) is 3. The molecular weight excluding hydrogens is 322 g/mol. The Hall–Kier alpha value is -2.41. The van der Waals surface area contributed by atoms with E-state index >= 15 is 0 Å². The van der Waals surface area contributed by atoms with E-state index < -0.39 is 0 Å². The van der Waals surface area contributed by atoms with E-state index in [2.05, 4.69) is 9.97 Å². The van der Waals surface area contributed by atoms with Crippen LogP contribution in [0.15, 0.2) is 35.2 Å². The maximum Gasteiger partial charge on any atom is 0.291 e. The summed E-state index contributed by atoms with van der Waals surface area (Å²) in [5.74, 6) is 0.866. The van der Waals surface area contributed by atoms with Gasteiger partial charge in [0.25, 0.3) is 5.91 Å². The second-order valence-corrected chi connectivity index (χ2v) is 6.67. The first kappa shape index (κ1) is 16.1. The van der Waals surface area contributed by atoms with Gasteiger partial charge in [-0.2, -0.15) is 0 Å². The zero-order valence-corrected chi connectivity index (χ0v) is 14.2. The van der Waals surface area contributed by atoms with E-state index in [4.69, 9.17) is 13.9 Å². The number of aryl methyl sites for hydroxylation is 1. The van der Waals surface area contributed by atoms with Crippen LogP contribution in [0.2, 0.25) is 0 Å². The van der Waals surface area contributed by atoms with Gasteiger partial charge in [0.1, 0.15) is 6.10 Å². The number of ether oxygens (including phenoxy) is 2. The van der Waals surface area contributed by atoms with Crippen molar-refractivity contribution in [3.63, 3.8) is 0 Å². The summed E-state index contributed by atoms with van der Waals surface area (Å²) >= 11 is 0. The van der Waals surface area contributed by atoms with Crippen molar-refractivity contribution in [3.8, 4) is 5.88 Å². The Morgan fingerprint density at radius 2 is 2.16 bits per heavy atom. The Kier molecular flexibility index (Phi) is 4.17. The number of hydrogen-bond donors (Lipinski definition) is 0. The summed E-state index contributed by atoms with van der Waals surface area (Å²) in [5.41, 5.74) is 0.429. The summed E-state index contributed by atoms with van der Waals surface area (Å²) in [7, 11) is 0. The summed E-state index contributed by atoms with van der Waals surface area (Å²) in [4.78, 5) is 22.5. The highest BCUT2D eigenvalue weighted by atomic mass is 16.6. The maximum absolute atomic E-state index is 12.5. The van der Waals surface area contributed by atoms with E-state index in [0.29, 0.717) is 37.0 Å². The third kappa shape index (κ3) is 3.24. The van der Waals surface area contributed by atoms with Crippen LogP contribution < -0.4 is 4.74 Å². The van der Waals surface area contributed by atoms with Crippen LogP contribution in [0.4, 0.5) is 0 Å². The van der Waals surface area contributed by atoms with E-state index in [9.17, 15) is 4.79 Å². The Bertz CT molecular complexity index is 738. The number of aromatic nitrogens is 2. The molecule has 7 heteroatoms. The summed E-state index contributed by atoms with van der Waals surface area (Å²) in [6.45, 7) is 3.64. The van der Waals surface area contributed by atoms with Crippen LogP contribution in [-0.2, 0) is 4.74 Å². The normalized spacial score (nSPS) is 22.3. The van der Waals surface area contributed by atoms with Gasteiger partial charge < -0.3 is 18.8 Å². The molecule has 4 rings (SSSR count). The van der Waals surface area contributed by atoms with Crippen molar-refractivity contribution in [3.05, 3.63) is 42.2 Å². The van der Waals surface area contributed by atoms with Crippen LogP contribution in [-0.4, -0.2) is 52.2 Å². The molecule has 2 aromatic rings. The molecule has 0 radical (unpaired) electrons. The van der Waals surface area contributed by atoms with Gasteiger partial charge >= 0.3 is 0 Å². The topological polar surface area (TPSA) is 77.7 Å². The molecule has 2 aromatic heterocycles. The first-order valence-corrected chi connectivity index (χ1v) is 8.56. The Labute approximate surface area is 146 Å². The zero-order valence-electron chi connectivity index (χ0n) is 14.2. The van der Waals surface area contributed by atoms with Crippen molar-refractivity contribution in [2.24, 2.45) is 0 Å². The second-order valence-electron chi connectivity index (χ2n) is 6.67. The lowest BCUT2D eigenvalue weighted by molar-refractivity contribution is -0.0400. The fourth-order valence-corrected chi connectivity index (χ4v) is 3.58. The number of hydrogen-bond acceptors (Lipinski definition) is 6. The van der Waals surface area contributed by atoms with Gasteiger partial charge in [0, 0.05) is 31.8 Å².